The number of hydrogen-bond donors (Lipinski definition) is 1. The Morgan fingerprint density at radius 2 is 0.468 bits per heavy atom. The molecule has 0 aliphatic rings. The predicted molar refractivity (Wildman–Crippen MR) is 112 cm³/mol. The maximum atomic E-state index is 15.5. The van der Waals surface area contributed by atoms with Gasteiger partial charge in [0.25, 0.3) is 0 Å². The number of aromatic carboxylic acids is 1. The first kappa shape index (κ1) is 34.4. The molecular weight excluding hydrogens is 703 g/mol. The van der Waals surface area contributed by atoms with Crippen LogP contribution in [0.3, 0.4) is 0 Å². The lowest BCUT2D eigenvalue weighted by Crippen LogP contribution is -2.13. The normalized spacial score (nSPS) is 11.3. The molecule has 0 aliphatic heterocycles. The highest BCUT2D eigenvalue weighted by atomic mass is 19.2. The second-order valence-electron chi connectivity index (χ2n) is 8.30. The van der Waals surface area contributed by atoms with Gasteiger partial charge in [0.05, 0.1) is 0 Å². The van der Waals surface area contributed by atoms with Crippen LogP contribution in [0.2, 0.25) is 0 Å². The largest absolute Gasteiger partial charge is 0.477 e. The SMILES string of the molecule is O=C(O)c1c(Oc2c(F)c(F)c(F)c(F)c2F)c(F)c(Oc2c(F)c(F)c(F)c(F)c2F)c(F)c1Oc1c(F)c(F)c(F)c(F)c1F. The highest BCUT2D eigenvalue weighted by Crippen LogP contribution is 2.48. The number of hydrogen-bond acceptors (Lipinski definition) is 4. The maximum Gasteiger partial charge on any atom is 0.343 e. The van der Waals surface area contributed by atoms with Crippen LogP contribution < -0.4 is 14.2 Å². The fourth-order valence-electron chi connectivity index (χ4n) is 3.43. The third kappa shape index (κ3) is 5.31. The number of rotatable bonds is 7. The molecule has 0 aliphatic carbocycles. The minimum absolute atomic E-state index is 2.52. The summed E-state index contributed by atoms with van der Waals surface area (Å²) in [6.45, 7) is 0. The molecule has 0 saturated carbocycles. The van der Waals surface area contributed by atoms with E-state index in [0.29, 0.717) is 0 Å². The summed E-state index contributed by atoms with van der Waals surface area (Å²) in [5, 5.41) is 9.52. The molecule has 0 unspecified atom stereocenters. The minimum Gasteiger partial charge on any atom is -0.477 e. The Morgan fingerprint density at radius 1 is 0.298 bits per heavy atom. The van der Waals surface area contributed by atoms with Gasteiger partial charge in [0, 0.05) is 0 Å². The first-order valence-electron chi connectivity index (χ1n) is 11.1. The molecule has 22 heteroatoms. The van der Waals surface area contributed by atoms with Crippen LogP contribution in [0.4, 0.5) is 74.6 Å². The van der Waals surface area contributed by atoms with E-state index in [2.05, 4.69) is 14.2 Å². The van der Waals surface area contributed by atoms with Crippen LogP contribution >= 0.6 is 0 Å². The Balaban J connectivity index is 2.15. The number of halogens is 17. The van der Waals surface area contributed by atoms with E-state index in [1.54, 1.807) is 0 Å². The highest BCUT2D eigenvalue weighted by molar-refractivity contribution is 5.95. The second-order valence-corrected chi connectivity index (χ2v) is 8.30. The molecule has 0 spiro atoms. The van der Waals surface area contributed by atoms with Crippen LogP contribution in [0.5, 0.6) is 34.5 Å². The Hall–Kier alpha value is -5.44. The third-order valence-corrected chi connectivity index (χ3v) is 5.59. The van der Waals surface area contributed by atoms with Crippen molar-refractivity contribution >= 4 is 5.97 Å². The molecule has 0 aromatic heterocycles. The topological polar surface area (TPSA) is 65.0 Å². The van der Waals surface area contributed by atoms with Crippen LogP contribution in [0.1, 0.15) is 10.4 Å². The van der Waals surface area contributed by atoms with Crippen molar-refractivity contribution in [1.82, 2.24) is 0 Å². The molecule has 0 radical (unpaired) electrons. The second kappa shape index (κ2) is 12.1. The van der Waals surface area contributed by atoms with E-state index >= 15 is 8.78 Å². The molecule has 1 N–H and O–H groups in total. The number of ether oxygens (including phenoxy) is 3. The number of carboxylic acid groups (broad SMARTS) is 1. The molecule has 0 saturated heterocycles. The Morgan fingerprint density at radius 3 is 0.681 bits per heavy atom. The van der Waals surface area contributed by atoms with Gasteiger partial charge in [-0.3, -0.25) is 0 Å². The lowest BCUT2D eigenvalue weighted by molar-refractivity contribution is 0.0688. The molecular formula is C25HF17O5. The van der Waals surface area contributed by atoms with Crippen LogP contribution in [0.25, 0.3) is 0 Å². The minimum atomic E-state index is -3.02. The van der Waals surface area contributed by atoms with Gasteiger partial charge >= 0.3 is 5.97 Å². The lowest BCUT2D eigenvalue weighted by Gasteiger charge is -2.20. The van der Waals surface area contributed by atoms with Crippen LogP contribution in [-0.2, 0) is 0 Å². The average Bonchev–Trinajstić information content (AvgIpc) is 3.03. The summed E-state index contributed by atoms with van der Waals surface area (Å²) in [6, 6.07) is 0. The summed E-state index contributed by atoms with van der Waals surface area (Å²) in [6.07, 6.45) is 0. The first-order chi connectivity index (χ1) is 21.8. The number of benzene rings is 4. The molecule has 0 fully saturated rings. The van der Waals surface area contributed by atoms with Gasteiger partial charge in [-0.1, -0.05) is 0 Å². The van der Waals surface area contributed by atoms with Crippen molar-refractivity contribution in [3.8, 4) is 34.5 Å². The van der Waals surface area contributed by atoms with Gasteiger partial charge in [0.1, 0.15) is 0 Å². The predicted octanol–water partition coefficient (Wildman–Crippen LogP) is 9.13. The van der Waals surface area contributed by atoms with Crippen molar-refractivity contribution in [2.24, 2.45) is 0 Å². The average molecular weight is 704 g/mol. The van der Waals surface area contributed by atoms with Crippen molar-refractivity contribution in [1.29, 1.82) is 0 Å². The molecule has 4 aromatic carbocycles. The van der Waals surface area contributed by atoms with E-state index in [4.69, 9.17) is 0 Å². The monoisotopic (exact) mass is 704 g/mol. The smallest absolute Gasteiger partial charge is 0.343 e. The molecule has 250 valence electrons. The number of carboxylic acids is 1. The Bertz CT molecular complexity index is 1850. The molecule has 0 heterocycles. The van der Waals surface area contributed by atoms with E-state index in [9.17, 15) is 75.8 Å². The summed E-state index contributed by atoms with van der Waals surface area (Å²) in [5.41, 5.74) is -2.52. The van der Waals surface area contributed by atoms with Gasteiger partial charge < -0.3 is 19.3 Å². The van der Waals surface area contributed by atoms with E-state index in [0.717, 1.165) is 0 Å². The van der Waals surface area contributed by atoms with Gasteiger partial charge in [-0.15, -0.1) is 0 Å². The summed E-state index contributed by atoms with van der Waals surface area (Å²) in [5.74, 6) is -69.3. The van der Waals surface area contributed by atoms with Crippen LogP contribution in [0, 0.1) is 98.9 Å². The maximum absolute atomic E-state index is 15.5. The van der Waals surface area contributed by atoms with Crippen LogP contribution in [0.15, 0.2) is 0 Å². The van der Waals surface area contributed by atoms with E-state index in [-0.39, 0.29) is 0 Å². The van der Waals surface area contributed by atoms with Gasteiger partial charge in [-0.2, -0.15) is 35.1 Å². The van der Waals surface area contributed by atoms with Crippen LogP contribution in [-0.4, -0.2) is 11.1 Å². The van der Waals surface area contributed by atoms with Gasteiger partial charge in [0.2, 0.25) is 122 Å². The number of carbonyl (C=O) groups is 1. The van der Waals surface area contributed by atoms with E-state index in [1.165, 1.54) is 0 Å². The molecule has 4 rings (SSSR count). The molecule has 5 nitrogen and oxygen atoms in total. The summed E-state index contributed by atoms with van der Waals surface area (Å²) < 4.78 is 252. The quantitative estimate of drug-likeness (QED) is 0.118. The van der Waals surface area contributed by atoms with Crippen molar-refractivity contribution in [3.63, 3.8) is 0 Å². The molecule has 0 bridgehead atoms. The van der Waals surface area contributed by atoms with Crippen molar-refractivity contribution in [3.05, 3.63) is 104 Å². The third-order valence-electron chi connectivity index (χ3n) is 5.59. The fraction of sp³-hybridized carbons (Fsp3) is 0. The van der Waals surface area contributed by atoms with Crippen molar-refractivity contribution < 1.29 is 98.7 Å². The highest BCUT2D eigenvalue weighted by Gasteiger charge is 2.39. The lowest BCUT2D eigenvalue weighted by atomic mass is 10.1. The molecule has 47 heavy (non-hydrogen) atoms. The van der Waals surface area contributed by atoms with E-state index in [1.807, 2.05) is 0 Å². The summed E-state index contributed by atoms with van der Waals surface area (Å²) in [4.78, 5) is 12.0. The summed E-state index contributed by atoms with van der Waals surface area (Å²) in [7, 11) is 0. The van der Waals surface area contributed by atoms with Crippen molar-refractivity contribution in [2.45, 2.75) is 0 Å². The molecule has 4 aromatic rings. The zero-order valence-corrected chi connectivity index (χ0v) is 21.0. The standard InChI is InChI=1S/C25HF17O5/c26-2-5(29)11(35)21(12(36)6(2)30)45-19-1(25(43)44)20(46-22-13(37)7(31)3(27)8(32)14(22)38)18(42)24(17(19)41)47-23-15(39)9(33)4(28)10(34)16(23)40/h(H,43,44). The fourth-order valence-corrected chi connectivity index (χ4v) is 3.43. The first-order valence-corrected chi connectivity index (χ1v) is 11.1. The van der Waals surface area contributed by atoms with E-state index < -0.39 is 145 Å². The van der Waals surface area contributed by atoms with Gasteiger partial charge in [-0.05, 0) is 0 Å². The Labute approximate surface area is 244 Å². The van der Waals surface area contributed by atoms with Gasteiger partial charge in [-0.25, -0.2) is 44.3 Å². The zero-order chi connectivity index (χ0) is 35.6. The zero-order valence-electron chi connectivity index (χ0n) is 21.0. The summed E-state index contributed by atoms with van der Waals surface area (Å²) >= 11 is 0. The van der Waals surface area contributed by atoms with Crippen molar-refractivity contribution in [2.75, 3.05) is 0 Å². The molecule has 0 atom stereocenters. The Kier molecular flexibility index (Phi) is 8.83. The van der Waals surface area contributed by atoms with Gasteiger partial charge in [0.15, 0.2) is 17.1 Å². The molecule has 0 amide bonds.